The van der Waals surface area contributed by atoms with E-state index in [9.17, 15) is 22.8 Å². The number of alkyl halides is 3. The number of rotatable bonds is 3. The summed E-state index contributed by atoms with van der Waals surface area (Å²) in [6.07, 6.45) is -4.58. The molecule has 0 aliphatic heterocycles. The predicted octanol–water partition coefficient (Wildman–Crippen LogP) is 2.23. The van der Waals surface area contributed by atoms with E-state index in [1.54, 1.807) is 0 Å². The Morgan fingerprint density at radius 1 is 1.30 bits per heavy atom. The second-order valence-corrected chi connectivity index (χ2v) is 4.08. The van der Waals surface area contributed by atoms with E-state index in [1.165, 1.54) is 13.1 Å². The van der Waals surface area contributed by atoms with E-state index in [0.29, 0.717) is 0 Å². The zero-order valence-electron chi connectivity index (χ0n) is 10.3. The first-order valence-electron chi connectivity index (χ1n) is 5.36. The average molecular weight is 310 g/mol. The minimum absolute atomic E-state index is 0.0637. The molecule has 110 valence electrons. The Balaban J connectivity index is 2.70. The van der Waals surface area contributed by atoms with Crippen molar-refractivity contribution in [3.63, 3.8) is 0 Å². The van der Waals surface area contributed by atoms with Gasteiger partial charge < -0.3 is 10.6 Å². The van der Waals surface area contributed by atoms with Gasteiger partial charge in [-0.2, -0.15) is 13.2 Å². The van der Waals surface area contributed by atoms with Crippen LogP contribution < -0.4 is 16.0 Å². The van der Waals surface area contributed by atoms with Crippen LogP contribution in [0.2, 0.25) is 5.02 Å². The highest BCUT2D eigenvalue weighted by molar-refractivity contribution is 6.31. The Labute approximate surface area is 117 Å². The molecule has 0 unspecified atom stereocenters. The molecule has 9 heteroatoms. The first kappa shape index (κ1) is 16.1. The molecule has 20 heavy (non-hydrogen) atoms. The topological polar surface area (TPSA) is 70.2 Å². The van der Waals surface area contributed by atoms with Gasteiger partial charge in [-0.1, -0.05) is 11.6 Å². The van der Waals surface area contributed by atoms with Gasteiger partial charge in [0.15, 0.2) is 0 Å². The van der Waals surface area contributed by atoms with E-state index in [4.69, 9.17) is 11.6 Å². The van der Waals surface area contributed by atoms with Gasteiger partial charge >= 0.3 is 12.2 Å². The summed E-state index contributed by atoms with van der Waals surface area (Å²) in [5, 5.41) is 6.15. The third kappa shape index (κ3) is 4.61. The van der Waals surface area contributed by atoms with Crippen molar-refractivity contribution in [3.8, 4) is 0 Å². The van der Waals surface area contributed by atoms with Crippen molar-refractivity contribution in [1.82, 2.24) is 10.6 Å². The summed E-state index contributed by atoms with van der Waals surface area (Å²) in [7, 11) is 1.32. The largest absolute Gasteiger partial charge is 0.417 e. The quantitative estimate of drug-likeness (QED) is 0.802. The van der Waals surface area contributed by atoms with Gasteiger partial charge in [0.2, 0.25) is 5.91 Å². The van der Waals surface area contributed by atoms with Crippen LogP contribution in [-0.4, -0.2) is 25.5 Å². The number of carbonyl (C=O) groups is 2. The van der Waals surface area contributed by atoms with Crippen molar-refractivity contribution in [3.05, 3.63) is 28.8 Å². The molecular weight excluding hydrogens is 299 g/mol. The number of nitrogens with one attached hydrogen (secondary N) is 3. The van der Waals surface area contributed by atoms with Crippen LogP contribution in [-0.2, 0) is 11.0 Å². The maximum Gasteiger partial charge on any atom is 0.417 e. The summed E-state index contributed by atoms with van der Waals surface area (Å²) in [5.74, 6) is -0.687. The van der Waals surface area contributed by atoms with Crippen molar-refractivity contribution < 1.29 is 22.8 Å². The summed E-state index contributed by atoms with van der Waals surface area (Å²) in [4.78, 5) is 22.1. The average Bonchev–Trinajstić information content (AvgIpc) is 2.36. The van der Waals surface area contributed by atoms with Gasteiger partial charge in [-0.3, -0.25) is 10.1 Å². The van der Waals surface area contributed by atoms with E-state index in [1.807, 2.05) is 5.32 Å². The normalized spacial score (nSPS) is 10.8. The zero-order chi connectivity index (χ0) is 15.3. The number of urea groups is 1. The number of benzene rings is 1. The van der Waals surface area contributed by atoms with Gasteiger partial charge in [0, 0.05) is 12.7 Å². The lowest BCUT2D eigenvalue weighted by atomic mass is 10.2. The lowest BCUT2D eigenvalue weighted by Crippen LogP contribution is -2.40. The minimum Gasteiger partial charge on any atom is -0.376 e. The second-order valence-electron chi connectivity index (χ2n) is 3.67. The van der Waals surface area contributed by atoms with Crippen molar-refractivity contribution in [2.45, 2.75) is 6.18 Å². The fraction of sp³-hybridized carbons (Fsp3) is 0.273. The lowest BCUT2D eigenvalue weighted by Gasteiger charge is -2.12. The fourth-order valence-corrected chi connectivity index (χ4v) is 1.49. The molecule has 0 fully saturated rings. The summed E-state index contributed by atoms with van der Waals surface area (Å²) in [6, 6.07) is 2.45. The van der Waals surface area contributed by atoms with Gasteiger partial charge in [0.1, 0.15) is 0 Å². The first-order valence-corrected chi connectivity index (χ1v) is 5.74. The molecule has 1 aromatic carbocycles. The summed E-state index contributed by atoms with van der Waals surface area (Å²) in [5.41, 5.74) is -0.940. The molecule has 3 amide bonds. The number of amides is 3. The number of imide groups is 1. The van der Waals surface area contributed by atoms with Crippen LogP contribution in [0.25, 0.3) is 0 Å². The number of anilines is 1. The summed E-state index contributed by atoms with van der Waals surface area (Å²) in [6.45, 7) is -0.355. The molecule has 1 rings (SSSR count). The SMILES string of the molecule is CNC(=O)NC(=O)CNc1ccc(Cl)c(C(F)(F)F)c1. The summed E-state index contributed by atoms with van der Waals surface area (Å²) < 4.78 is 37.8. The predicted molar refractivity (Wildman–Crippen MR) is 67.5 cm³/mol. The van der Waals surface area contributed by atoms with Crippen molar-refractivity contribution in [2.24, 2.45) is 0 Å². The van der Waals surface area contributed by atoms with Crippen molar-refractivity contribution >= 4 is 29.2 Å². The van der Waals surface area contributed by atoms with E-state index in [-0.39, 0.29) is 12.2 Å². The molecule has 0 saturated heterocycles. The highest BCUT2D eigenvalue weighted by Crippen LogP contribution is 2.36. The lowest BCUT2D eigenvalue weighted by molar-refractivity contribution is -0.137. The van der Waals surface area contributed by atoms with E-state index in [0.717, 1.165) is 12.1 Å². The van der Waals surface area contributed by atoms with Crippen LogP contribution in [0, 0.1) is 0 Å². The molecule has 0 saturated carbocycles. The molecule has 0 heterocycles. The Morgan fingerprint density at radius 3 is 2.50 bits per heavy atom. The monoisotopic (exact) mass is 309 g/mol. The highest BCUT2D eigenvalue weighted by Gasteiger charge is 2.33. The standard InChI is InChI=1S/C11H11ClF3N3O2/c1-16-10(20)18-9(19)5-17-6-2-3-8(12)7(4-6)11(13,14)15/h2-4,17H,5H2,1H3,(H2,16,18,19,20). The van der Waals surface area contributed by atoms with Crippen molar-refractivity contribution in [1.29, 1.82) is 0 Å². The van der Waals surface area contributed by atoms with Gasteiger partial charge in [0.25, 0.3) is 0 Å². The van der Waals surface area contributed by atoms with Crippen molar-refractivity contribution in [2.75, 3.05) is 18.9 Å². The third-order valence-electron chi connectivity index (χ3n) is 2.20. The van der Waals surface area contributed by atoms with E-state index >= 15 is 0 Å². The molecule has 3 N–H and O–H groups in total. The number of carbonyl (C=O) groups excluding carboxylic acids is 2. The molecule has 5 nitrogen and oxygen atoms in total. The van der Waals surface area contributed by atoms with Crippen LogP contribution in [0.3, 0.4) is 0 Å². The maximum absolute atomic E-state index is 12.6. The second kappa shape index (κ2) is 6.47. The smallest absolute Gasteiger partial charge is 0.376 e. The Bertz CT molecular complexity index is 520. The molecule has 0 atom stereocenters. The zero-order valence-corrected chi connectivity index (χ0v) is 11.0. The molecule has 0 aromatic heterocycles. The van der Waals surface area contributed by atoms with E-state index < -0.39 is 28.7 Å². The van der Waals surface area contributed by atoms with Gasteiger partial charge in [-0.25, -0.2) is 4.79 Å². The van der Waals surface area contributed by atoms with Gasteiger partial charge in [0.05, 0.1) is 17.1 Å². The van der Waals surface area contributed by atoms with Crippen LogP contribution in [0.4, 0.5) is 23.7 Å². The van der Waals surface area contributed by atoms with Crippen LogP contribution in [0.15, 0.2) is 18.2 Å². The van der Waals surface area contributed by atoms with Gasteiger partial charge in [-0.15, -0.1) is 0 Å². The Morgan fingerprint density at radius 2 is 1.95 bits per heavy atom. The highest BCUT2D eigenvalue weighted by atomic mass is 35.5. The third-order valence-corrected chi connectivity index (χ3v) is 2.53. The van der Waals surface area contributed by atoms with Gasteiger partial charge in [-0.05, 0) is 18.2 Å². The molecule has 0 spiro atoms. The molecule has 0 radical (unpaired) electrons. The molecule has 0 bridgehead atoms. The Hall–Kier alpha value is -1.96. The van der Waals surface area contributed by atoms with Crippen LogP contribution >= 0.6 is 11.6 Å². The number of hydrogen-bond acceptors (Lipinski definition) is 3. The first-order chi connectivity index (χ1) is 9.24. The maximum atomic E-state index is 12.6. The van der Waals surface area contributed by atoms with Crippen LogP contribution in [0.1, 0.15) is 5.56 Å². The molecule has 0 aliphatic carbocycles. The molecular formula is C11H11ClF3N3O2. The fourth-order valence-electron chi connectivity index (χ4n) is 1.27. The summed E-state index contributed by atoms with van der Waals surface area (Å²) >= 11 is 5.45. The minimum atomic E-state index is -4.58. The number of halogens is 4. The molecule has 1 aromatic rings. The Kier molecular flexibility index (Phi) is 5.20. The number of hydrogen-bond donors (Lipinski definition) is 3. The molecule has 0 aliphatic rings. The van der Waals surface area contributed by atoms with E-state index in [2.05, 4.69) is 10.6 Å². The van der Waals surface area contributed by atoms with Crippen LogP contribution in [0.5, 0.6) is 0 Å².